The lowest BCUT2D eigenvalue weighted by Gasteiger charge is -2.22. The maximum atomic E-state index is 12.1. The molecule has 2 N–H and O–H groups in total. The molecule has 0 amide bonds. The molecule has 1 aromatic heterocycles. The molecule has 1 fully saturated rings. The molecular weight excluding hydrogens is 234 g/mol. The van der Waals surface area contributed by atoms with Crippen LogP contribution < -0.4 is 5.73 Å². The predicted octanol–water partition coefficient (Wildman–Crippen LogP) is 0.901. The van der Waals surface area contributed by atoms with Gasteiger partial charge in [-0.15, -0.1) is 0 Å². The van der Waals surface area contributed by atoms with Gasteiger partial charge in [0.05, 0.1) is 24.6 Å². The zero-order chi connectivity index (χ0) is 13.1. The molecule has 6 nitrogen and oxygen atoms in total. The van der Waals surface area contributed by atoms with Crippen LogP contribution in [0.15, 0.2) is 0 Å². The molecule has 0 saturated carbocycles. The van der Waals surface area contributed by atoms with Crippen molar-refractivity contribution in [2.45, 2.75) is 32.3 Å². The Labute approximate surface area is 106 Å². The minimum Gasteiger partial charge on any atom is -0.457 e. The number of carbonyl (C=O) groups is 1. The first kappa shape index (κ1) is 12.9. The molecule has 6 heteroatoms. The quantitative estimate of drug-likeness (QED) is 0.810. The summed E-state index contributed by atoms with van der Waals surface area (Å²) in [6, 6.07) is 0. The van der Waals surface area contributed by atoms with Gasteiger partial charge in [0.1, 0.15) is 6.10 Å². The van der Waals surface area contributed by atoms with Crippen LogP contribution in [0.3, 0.4) is 0 Å². The summed E-state index contributed by atoms with van der Waals surface area (Å²) in [4.78, 5) is 12.1. The topological polar surface area (TPSA) is 79.4 Å². The molecule has 1 aliphatic heterocycles. The maximum Gasteiger partial charge on any atom is 0.359 e. The molecule has 1 aromatic rings. The van der Waals surface area contributed by atoms with Crippen molar-refractivity contribution in [3.63, 3.8) is 0 Å². The van der Waals surface area contributed by atoms with Gasteiger partial charge < -0.3 is 15.2 Å². The van der Waals surface area contributed by atoms with Crippen LogP contribution in [0.5, 0.6) is 0 Å². The molecule has 18 heavy (non-hydrogen) atoms. The zero-order valence-electron chi connectivity index (χ0n) is 10.8. The smallest absolute Gasteiger partial charge is 0.359 e. The number of ether oxygens (including phenoxy) is 2. The maximum absolute atomic E-state index is 12.1. The van der Waals surface area contributed by atoms with Crippen molar-refractivity contribution < 1.29 is 14.3 Å². The van der Waals surface area contributed by atoms with E-state index in [-0.39, 0.29) is 6.10 Å². The first-order chi connectivity index (χ1) is 8.63. The highest BCUT2D eigenvalue weighted by Crippen LogP contribution is 2.20. The molecule has 0 aromatic carbocycles. The van der Waals surface area contributed by atoms with E-state index in [1.165, 1.54) is 4.68 Å². The Kier molecular flexibility index (Phi) is 3.86. The van der Waals surface area contributed by atoms with Crippen LogP contribution in [0.4, 0.5) is 5.69 Å². The second kappa shape index (κ2) is 5.39. The van der Waals surface area contributed by atoms with Gasteiger partial charge in [0.15, 0.2) is 5.69 Å². The summed E-state index contributed by atoms with van der Waals surface area (Å²) in [5.41, 5.74) is 7.42. The van der Waals surface area contributed by atoms with E-state index in [1.54, 1.807) is 7.05 Å². The first-order valence-electron chi connectivity index (χ1n) is 6.23. The van der Waals surface area contributed by atoms with Gasteiger partial charge in [-0.3, -0.25) is 4.68 Å². The van der Waals surface area contributed by atoms with Gasteiger partial charge in [-0.25, -0.2) is 4.79 Å². The van der Waals surface area contributed by atoms with Crippen molar-refractivity contribution in [3.05, 3.63) is 11.4 Å². The number of aromatic nitrogens is 2. The number of nitrogens with zero attached hydrogens (tertiary/aromatic N) is 2. The second-order valence-corrected chi connectivity index (χ2v) is 4.40. The van der Waals surface area contributed by atoms with Crippen LogP contribution in [-0.2, 0) is 22.9 Å². The lowest BCUT2D eigenvalue weighted by molar-refractivity contribution is -0.0165. The molecule has 0 aliphatic carbocycles. The van der Waals surface area contributed by atoms with Crippen LogP contribution in [-0.4, -0.2) is 35.1 Å². The largest absolute Gasteiger partial charge is 0.457 e. The molecule has 1 aliphatic rings. The fourth-order valence-corrected chi connectivity index (χ4v) is 2.10. The van der Waals surface area contributed by atoms with E-state index < -0.39 is 5.97 Å². The van der Waals surface area contributed by atoms with E-state index in [0.717, 1.165) is 18.5 Å². The normalized spacial score (nSPS) is 16.8. The molecule has 100 valence electrons. The number of carbonyl (C=O) groups excluding carboxylic acids is 1. The number of aryl methyl sites for hydroxylation is 2. The predicted molar refractivity (Wildman–Crippen MR) is 66.3 cm³/mol. The molecular formula is C12H19N3O3. The molecule has 0 radical (unpaired) electrons. The van der Waals surface area contributed by atoms with E-state index >= 15 is 0 Å². The number of nitrogens with two attached hydrogens (primary N) is 1. The Morgan fingerprint density at radius 3 is 2.78 bits per heavy atom. The van der Waals surface area contributed by atoms with Gasteiger partial charge >= 0.3 is 5.97 Å². The molecule has 0 bridgehead atoms. The fraction of sp³-hybridized carbons (Fsp3) is 0.667. The van der Waals surface area contributed by atoms with E-state index in [4.69, 9.17) is 15.2 Å². The van der Waals surface area contributed by atoms with Gasteiger partial charge in [-0.1, -0.05) is 6.92 Å². The fourth-order valence-electron chi connectivity index (χ4n) is 2.10. The van der Waals surface area contributed by atoms with Crippen LogP contribution in [0.1, 0.15) is 35.9 Å². The highest BCUT2D eigenvalue weighted by molar-refractivity contribution is 5.93. The van der Waals surface area contributed by atoms with E-state index in [2.05, 4.69) is 5.10 Å². The van der Waals surface area contributed by atoms with Gasteiger partial charge in [-0.05, 0) is 6.42 Å². The summed E-state index contributed by atoms with van der Waals surface area (Å²) in [6.07, 6.45) is 2.10. The van der Waals surface area contributed by atoms with Crippen molar-refractivity contribution in [2.75, 3.05) is 18.9 Å². The highest BCUT2D eigenvalue weighted by Gasteiger charge is 2.24. The van der Waals surface area contributed by atoms with Gasteiger partial charge in [0, 0.05) is 19.9 Å². The first-order valence-corrected chi connectivity index (χ1v) is 6.23. The average Bonchev–Trinajstić information content (AvgIpc) is 2.65. The highest BCUT2D eigenvalue weighted by atomic mass is 16.6. The van der Waals surface area contributed by atoms with Crippen molar-refractivity contribution in [2.24, 2.45) is 7.05 Å². The summed E-state index contributed by atoms with van der Waals surface area (Å²) in [6.45, 7) is 3.23. The van der Waals surface area contributed by atoms with Crippen LogP contribution in [0.2, 0.25) is 0 Å². The average molecular weight is 253 g/mol. The Hall–Kier alpha value is -1.56. The van der Waals surface area contributed by atoms with Crippen LogP contribution in [0, 0.1) is 0 Å². The van der Waals surface area contributed by atoms with Crippen molar-refractivity contribution in [1.82, 2.24) is 9.78 Å². The minimum atomic E-state index is -0.394. The zero-order valence-corrected chi connectivity index (χ0v) is 10.8. The summed E-state index contributed by atoms with van der Waals surface area (Å²) < 4.78 is 12.2. The summed E-state index contributed by atoms with van der Waals surface area (Å²) in [5.74, 6) is -0.394. The minimum absolute atomic E-state index is 0.0781. The molecule has 1 saturated heterocycles. The molecule has 2 heterocycles. The van der Waals surface area contributed by atoms with Crippen molar-refractivity contribution in [3.8, 4) is 0 Å². The summed E-state index contributed by atoms with van der Waals surface area (Å²) in [5, 5.41) is 4.21. The number of anilines is 1. The van der Waals surface area contributed by atoms with Gasteiger partial charge in [-0.2, -0.15) is 5.10 Å². The van der Waals surface area contributed by atoms with Gasteiger partial charge in [0.2, 0.25) is 0 Å². The van der Waals surface area contributed by atoms with E-state index in [0.29, 0.717) is 31.0 Å². The molecule has 2 rings (SSSR count). The Morgan fingerprint density at radius 1 is 1.56 bits per heavy atom. The Bertz CT molecular complexity index is 436. The van der Waals surface area contributed by atoms with Crippen LogP contribution in [0.25, 0.3) is 0 Å². The number of hydrogen-bond acceptors (Lipinski definition) is 5. The Balaban J connectivity index is 2.10. The Morgan fingerprint density at radius 2 is 2.22 bits per heavy atom. The lowest BCUT2D eigenvalue weighted by atomic mass is 10.1. The van der Waals surface area contributed by atoms with E-state index in [1.807, 2.05) is 6.92 Å². The van der Waals surface area contributed by atoms with E-state index in [9.17, 15) is 4.79 Å². The summed E-state index contributed by atoms with van der Waals surface area (Å²) >= 11 is 0. The van der Waals surface area contributed by atoms with Crippen molar-refractivity contribution in [1.29, 1.82) is 0 Å². The third kappa shape index (κ3) is 2.48. The van der Waals surface area contributed by atoms with Gasteiger partial charge in [0.25, 0.3) is 0 Å². The lowest BCUT2D eigenvalue weighted by Crippen LogP contribution is -2.27. The monoisotopic (exact) mass is 253 g/mol. The number of hydrogen-bond donors (Lipinski definition) is 1. The number of nitrogen functional groups attached to an aromatic ring is 1. The summed E-state index contributed by atoms with van der Waals surface area (Å²) in [7, 11) is 1.70. The van der Waals surface area contributed by atoms with Crippen molar-refractivity contribution >= 4 is 11.7 Å². The number of esters is 1. The standard InChI is InChI=1S/C12H19N3O3/c1-3-9-10(13)11(15(2)14-9)12(16)18-8-4-6-17-7-5-8/h8H,3-7,13H2,1-2H3. The third-order valence-electron chi connectivity index (χ3n) is 3.13. The molecule has 0 atom stereocenters. The SMILES string of the molecule is CCc1nn(C)c(C(=O)OC2CCOCC2)c1N. The third-order valence-corrected chi connectivity index (χ3v) is 3.13. The molecule has 0 spiro atoms. The number of rotatable bonds is 3. The molecule has 0 unspecified atom stereocenters. The van der Waals surface area contributed by atoms with Crippen LogP contribution >= 0.6 is 0 Å². The second-order valence-electron chi connectivity index (χ2n) is 4.40.